The summed E-state index contributed by atoms with van der Waals surface area (Å²) < 4.78 is 0. The van der Waals surface area contributed by atoms with Crippen molar-refractivity contribution in [3.63, 3.8) is 0 Å². The standard InChI is InChI=1S/C16H26N2/c1-13(12-16-10-5-4-6-11-16)17-18-14(2)8-7-9-15(18)3/h4-6,10-11,13-15,17H,7-9,12H2,1-3H3. The van der Waals surface area contributed by atoms with Crippen molar-refractivity contribution in [1.29, 1.82) is 0 Å². The van der Waals surface area contributed by atoms with Crippen molar-refractivity contribution in [3.8, 4) is 0 Å². The highest BCUT2D eigenvalue weighted by Crippen LogP contribution is 2.20. The van der Waals surface area contributed by atoms with Gasteiger partial charge in [-0.2, -0.15) is 0 Å². The van der Waals surface area contributed by atoms with Gasteiger partial charge in [-0.3, -0.25) is 5.43 Å². The van der Waals surface area contributed by atoms with Gasteiger partial charge < -0.3 is 0 Å². The Morgan fingerprint density at radius 1 is 1.17 bits per heavy atom. The maximum Gasteiger partial charge on any atom is 0.0227 e. The van der Waals surface area contributed by atoms with Crippen molar-refractivity contribution >= 4 is 0 Å². The van der Waals surface area contributed by atoms with Crippen LogP contribution in [-0.2, 0) is 6.42 Å². The smallest absolute Gasteiger partial charge is 0.0227 e. The normalized spacial score (nSPS) is 27.1. The fourth-order valence-corrected chi connectivity index (χ4v) is 2.94. The Labute approximate surface area is 111 Å². The van der Waals surface area contributed by atoms with E-state index in [1.165, 1.54) is 24.8 Å². The molecule has 0 bridgehead atoms. The predicted molar refractivity (Wildman–Crippen MR) is 77.4 cm³/mol. The van der Waals surface area contributed by atoms with E-state index in [9.17, 15) is 0 Å². The molecule has 1 aromatic carbocycles. The van der Waals surface area contributed by atoms with Crippen LogP contribution in [0.3, 0.4) is 0 Å². The van der Waals surface area contributed by atoms with Gasteiger partial charge in [-0.15, -0.1) is 0 Å². The molecule has 0 aromatic heterocycles. The molecule has 1 N–H and O–H groups in total. The van der Waals surface area contributed by atoms with Crippen LogP contribution in [0.15, 0.2) is 30.3 Å². The van der Waals surface area contributed by atoms with Crippen LogP contribution in [0.1, 0.15) is 45.6 Å². The molecule has 100 valence electrons. The van der Waals surface area contributed by atoms with Gasteiger partial charge in [-0.05, 0) is 45.6 Å². The van der Waals surface area contributed by atoms with E-state index < -0.39 is 0 Å². The first-order chi connectivity index (χ1) is 8.66. The lowest BCUT2D eigenvalue weighted by molar-refractivity contribution is 0.0323. The highest BCUT2D eigenvalue weighted by Gasteiger charge is 2.25. The minimum absolute atomic E-state index is 0.496. The van der Waals surface area contributed by atoms with Gasteiger partial charge in [0.15, 0.2) is 0 Å². The largest absolute Gasteiger partial charge is 0.252 e. The Hall–Kier alpha value is -0.860. The SMILES string of the molecule is CC(Cc1ccccc1)NN1C(C)CCCC1C. The van der Waals surface area contributed by atoms with Crippen LogP contribution in [0.5, 0.6) is 0 Å². The predicted octanol–water partition coefficient (Wildman–Crippen LogP) is 3.39. The summed E-state index contributed by atoms with van der Waals surface area (Å²) in [6.45, 7) is 6.94. The monoisotopic (exact) mass is 246 g/mol. The zero-order valence-electron chi connectivity index (χ0n) is 11.9. The van der Waals surface area contributed by atoms with E-state index in [1.54, 1.807) is 0 Å². The van der Waals surface area contributed by atoms with Gasteiger partial charge in [0, 0.05) is 18.1 Å². The van der Waals surface area contributed by atoms with Crippen LogP contribution in [0.25, 0.3) is 0 Å². The number of hydrogen-bond acceptors (Lipinski definition) is 2. The van der Waals surface area contributed by atoms with E-state index in [-0.39, 0.29) is 0 Å². The summed E-state index contributed by atoms with van der Waals surface area (Å²) in [6, 6.07) is 12.6. The van der Waals surface area contributed by atoms with Gasteiger partial charge in [0.1, 0.15) is 0 Å². The van der Waals surface area contributed by atoms with Gasteiger partial charge in [0.2, 0.25) is 0 Å². The molecule has 0 radical (unpaired) electrons. The quantitative estimate of drug-likeness (QED) is 0.876. The molecule has 1 aromatic rings. The van der Waals surface area contributed by atoms with Crippen LogP contribution in [0.4, 0.5) is 0 Å². The highest BCUT2D eigenvalue weighted by atomic mass is 15.5. The van der Waals surface area contributed by atoms with Crippen molar-refractivity contribution < 1.29 is 0 Å². The summed E-state index contributed by atoms with van der Waals surface area (Å²) in [5.74, 6) is 0. The molecule has 18 heavy (non-hydrogen) atoms. The van der Waals surface area contributed by atoms with Gasteiger partial charge in [-0.25, -0.2) is 5.01 Å². The van der Waals surface area contributed by atoms with E-state index in [2.05, 4.69) is 61.5 Å². The third-order valence-electron chi connectivity index (χ3n) is 3.95. The van der Waals surface area contributed by atoms with E-state index in [4.69, 9.17) is 0 Å². The fraction of sp³-hybridized carbons (Fsp3) is 0.625. The molecule has 0 spiro atoms. The van der Waals surface area contributed by atoms with Crippen LogP contribution >= 0.6 is 0 Å². The summed E-state index contributed by atoms with van der Waals surface area (Å²) >= 11 is 0. The summed E-state index contributed by atoms with van der Waals surface area (Å²) in [5, 5.41) is 2.47. The van der Waals surface area contributed by atoms with Crippen LogP contribution in [0, 0.1) is 0 Å². The molecule has 0 aliphatic carbocycles. The molecule has 2 nitrogen and oxygen atoms in total. The number of piperidine rings is 1. The van der Waals surface area contributed by atoms with Gasteiger partial charge >= 0.3 is 0 Å². The second-order valence-corrected chi connectivity index (χ2v) is 5.76. The number of nitrogens with zero attached hydrogens (tertiary/aromatic N) is 1. The van der Waals surface area contributed by atoms with Crippen LogP contribution < -0.4 is 5.43 Å². The summed E-state index contributed by atoms with van der Waals surface area (Å²) in [7, 11) is 0. The van der Waals surface area contributed by atoms with E-state index >= 15 is 0 Å². The number of benzene rings is 1. The molecule has 3 atom stereocenters. The maximum atomic E-state index is 3.70. The number of hydrogen-bond donors (Lipinski definition) is 1. The van der Waals surface area contributed by atoms with Gasteiger partial charge in [0.05, 0.1) is 0 Å². The van der Waals surface area contributed by atoms with E-state index in [0.29, 0.717) is 18.1 Å². The lowest BCUT2D eigenvalue weighted by Crippen LogP contribution is -2.55. The fourth-order valence-electron chi connectivity index (χ4n) is 2.94. The van der Waals surface area contributed by atoms with Crippen molar-refractivity contribution in [2.45, 2.75) is 64.6 Å². The Kier molecular flexibility index (Phi) is 4.79. The maximum absolute atomic E-state index is 3.70. The Balaban J connectivity index is 1.88. The minimum Gasteiger partial charge on any atom is -0.252 e. The summed E-state index contributed by atoms with van der Waals surface area (Å²) in [4.78, 5) is 0. The highest BCUT2D eigenvalue weighted by molar-refractivity contribution is 5.15. The molecule has 1 heterocycles. The molecule has 3 unspecified atom stereocenters. The minimum atomic E-state index is 0.496. The molecule has 0 saturated carbocycles. The molecule has 1 fully saturated rings. The first-order valence-electron chi connectivity index (χ1n) is 7.25. The molecule has 1 saturated heterocycles. The topological polar surface area (TPSA) is 15.3 Å². The van der Waals surface area contributed by atoms with E-state index in [0.717, 1.165) is 6.42 Å². The first kappa shape index (κ1) is 13.6. The molecule has 2 heteroatoms. The average Bonchev–Trinajstić information content (AvgIpc) is 2.35. The van der Waals surface area contributed by atoms with E-state index in [1.807, 2.05) is 0 Å². The van der Waals surface area contributed by atoms with Crippen molar-refractivity contribution in [1.82, 2.24) is 10.4 Å². The van der Waals surface area contributed by atoms with Crippen LogP contribution in [0.2, 0.25) is 0 Å². The lowest BCUT2D eigenvalue weighted by atomic mass is 9.99. The first-order valence-corrected chi connectivity index (χ1v) is 7.25. The molecule has 0 amide bonds. The average molecular weight is 246 g/mol. The second-order valence-electron chi connectivity index (χ2n) is 5.76. The number of hydrazine groups is 1. The Morgan fingerprint density at radius 2 is 1.78 bits per heavy atom. The van der Waals surface area contributed by atoms with Gasteiger partial charge in [-0.1, -0.05) is 36.8 Å². The third-order valence-corrected chi connectivity index (χ3v) is 3.95. The van der Waals surface area contributed by atoms with Crippen molar-refractivity contribution in [2.75, 3.05) is 0 Å². The van der Waals surface area contributed by atoms with Crippen LogP contribution in [-0.4, -0.2) is 23.1 Å². The van der Waals surface area contributed by atoms with Gasteiger partial charge in [0.25, 0.3) is 0 Å². The molecule has 1 aliphatic rings. The lowest BCUT2D eigenvalue weighted by Gasteiger charge is -2.41. The molecule has 1 aliphatic heterocycles. The second kappa shape index (κ2) is 6.35. The zero-order valence-corrected chi connectivity index (χ0v) is 11.9. The van der Waals surface area contributed by atoms with Crippen molar-refractivity contribution in [3.05, 3.63) is 35.9 Å². The number of rotatable bonds is 4. The Bertz CT molecular complexity index is 339. The van der Waals surface area contributed by atoms with Crippen molar-refractivity contribution in [2.24, 2.45) is 0 Å². The third kappa shape index (κ3) is 3.56. The molecular weight excluding hydrogens is 220 g/mol. The zero-order chi connectivity index (χ0) is 13.0. The molecule has 2 rings (SSSR count). The summed E-state index contributed by atoms with van der Waals surface area (Å²) in [5.41, 5.74) is 5.11. The Morgan fingerprint density at radius 3 is 2.39 bits per heavy atom. The summed E-state index contributed by atoms with van der Waals surface area (Å²) in [6.07, 6.45) is 5.09. The number of nitrogens with one attached hydrogen (secondary N) is 1. The molecular formula is C16H26N2.